The van der Waals surface area contributed by atoms with Gasteiger partial charge in [0.15, 0.2) is 5.82 Å². The van der Waals surface area contributed by atoms with Crippen molar-refractivity contribution in [3.8, 4) is 11.4 Å². The summed E-state index contributed by atoms with van der Waals surface area (Å²) in [5.74, 6) is 1.68. The van der Waals surface area contributed by atoms with Gasteiger partial charge in [0.2, 0.25) is 0 Å². The van der Waals surface area contributed by atoms with Gasteiger partial charge in [-0.3, -0.25) is 4.98 Å². The van der Waals surface area contributed by atoms with Crippen LogP contribution >= 0.6 is 11.3 Å². The summed E-state index contributed by atoms with van der Waals surface area (Å²) in [6, 6.07) is 6.14. The van der Waals surface area contributed by atoms with Gasteiger partial charge in [-0.25, -0.2) is 9.97 Å². The largest absolute Gasteiger partial charge is 0.369 e. The first-order valence-electron chi connectivity index (χ1n) is 7.12. The molecule has 1 N–H and O–H groups in total. The van der Waals surface area contributed by atoms with E-state index in [0.29, 0.717) is 0 Å². The topological polar surface area (TPSA) is 50.7 Å². The Morgan fingerprint density at radius 1 is 1.10 bits per heavy atom. The van der Waals surface area contributed by atoms with Crippen LogP contribution in [0.5, 0.6) is 0 Å². The highest BCUT2D eigenvalue weighted by molar-refractivity contribution is 7.16. The minimum Gasteiger partial charge on any atom is -0.369 e. The first-order valence-corrected chi connectivity index (χ1v) is 8.00. The van der Waals surface area contributed by atoms with Crippen LogP contribution in [0, 0.1) is 13.8 Å². The summed E-state index contributed by atoms with van der Waals surface area (Å²) in [4.78, 5) is 14.9. The molecule has 0 amide bonds. The third kappa shape index (κ3) is 2.88. The molecule has 5 heteroatoms. The molecule has 0 aliphatic carbocycles. The second kappa shape index (κ2) is 5.77. The number of rotatable bonds is 4. The fourth-order valence-electron chi connectivity index (χ4n) is 2.33. The van der Waals surface area contributed by atoms with Gasteiger partial charge in [-0.15, -0.1) is 11.3 Å². The molecule has 0 bridgehead atoms. The quantitative estimate of drug-likeness (QED) is 0.784. The summed E-state index contributed by atoms with van der Waals surface area (Å²) < 4.78 is 0. The Morgan fingerprint density at radius 3 is 2.57 bits per heavy atom. The molecule has 0 saturated heterocycles. The predicted octanol–water partition coefficient (Wildman–Crippen LogP) is 4.19. The van der Waals surface area contributed by atoms with Crippen molar-refractivity contribution >= 4 is 27.4 Å². The average Bonchev–Trinajstić information content (AvgIpc) is 2.92. The van der Waals surface area contributed by atoms with Crippen LogP contribution < -0.4 is 5.32 Å². The number of hydrogen-bond donors (Lipinski definition) is 1. The van der Waals surface area contributed by atoms with Crippen LogP contribution in [0.15, 0.2) is 23.6 Å². The molecule has 3 aromatic heterocycles. The van der Waals surface area contributed by atoms with Gasteiger partial charge in [0.05, 0.1) is 5.39 Å². The van der Waals surface area contributed by atoms with Gasteiger partial charge in [0.25, 0.3) is 0 Å². The van der Waals surface area contributed by atoms with E-state index < -0.39 is 0 Å². The fraction of sp³-hybridized carbons (Fsp3) is 0.312. The monoisotopic (exact) mass is 298 g/mol. The first kappa shape index (κ1) is 13.9. The van der Waals surface area contributed by atoms with Gasteiger partial charge < -0.3 is 5.32 Å². The number of hydrogen-bond acceptors (Lipinski definition) is 5. The molecule has 0 radical (unpaired) electrons. The molecule has 4 nitrogen and oxygen atoms in total. The van der Waals surface area contributed by atoms with Crippen LogP contribution in [-0.2, 0) is 0 Å². The van der Waals surface area contributed by atoms with Crippen LogP contribution in [-0.4, -0.2) is 21.5 Å². The van der Waals surface area contributed by atoms with Crippen LogP contribution in [0.3, 0.4) is 0 Å². The Morgan fingerprint density at radius 2 is 1.86 bits per heavy atom. The minimum absolute atomic E-state index is 0.761. The normalized spacial score (nSPS) is 11.0. The van der Waals surface area contributed by atoms with Crippen molar-refractivity contribution in [3.63, 3.8) is 0 Å². The average molecular weight is 298 g/mol. The maximum atomic E-state index is 4.72. The lowest BCUT2D eigenvalue weighted by Crippen LogP contribution is -2.04. The Bertz CT molecular complexity index is 759. The molecule has 3 rings (SSSR count). The lowest BCUT2D eigenvalue weighted by molar-refractivity contribution is 0.970. The van der Waals surface area contributed by atoms with E-state index in [1.165, 1.54) is 0 Å². The van der Waals surface area contributed by atoms with Crippen LogP contribution in [0.4, 0.5) is 5.82 Å². The lowest BCUT2D eigenvalue weighted by Gasteiger charge is -2.09. The van der Waals surface area contributed by atoms with Gasteiger partial charge in [0.1, 0.15) is 10.6 Å². The van der Waals surface area contributed by atoms with E-state index >= 15 is 0 Å². The first-order chi connectivity index (χ1) is 10.2. The van der Waals surface area contributed by atoms with E-state index in [9.17, 15) is 0 Å². The highest BCUT2D eigenvalue weighted by atomic mass is 32.1. The van der Waals surface area contributed by atoms with E-state index in [1.54, 1.807) is 11.3 Å². The molecule has 108 valence electrons. The standard InChI is InChI=1S/C16H18N4S/c1-4-6-17-15-13-5-7-21-16(13)20-14(19-15)12-8-10(2)18-11(3)9-12/h5,7-9H,4,6H2,1-3H3,(H,17,19,20). The highest BCUT2D eigenvalue weighted by Gasteiger charge is 2.11. The Kier molecular flexibility index (Phi) is 3.84. The number of aromatic nitrogens is 3. The molecule has 0 aromatic carbocycles. The number of fused-ring (bicyclic) bond motifs is 1. The Hall–Kier alpha value is -2.01. The van der Waals surface area contributed by atoms with Crippen LogP contribution in [0.2, 0.25) is 0 Å². The zero-order valence-electron chi connectivity index (χ0n) is 12.5. The number of nitrogens with one attached hydrogen (secondary N) is 1. The van der Waals surface area contributed by atoms with Crippen molar-refractivity contribution in [3.05, 3.63) is 35.0 Å². The SMILES string of the molecule is CCCNc1nc(-c2cc(C)nc(C)c2)nc2sccc12. The summed E-state index contributed by atoms with van der Waals surface area (Å²) in [6.07, 6.45) is 1.07. The summed E-state index contributed by atoms with van der Waals surface area (Å²) in [5, 5.41) is 6.56. The second-order valence-corrected chi connectivity index (χ2v) is 6.00. The number of nitrogens with zero attached hydrogens (tertiary/aromatic N) is 3. The molecule has 0 fully saturated rings. The Labute approximate surface area is 128 Å². The zero-order valence-corrected chi connectivity index (χ0v) is 13.3. The van der Waals surface area contributed by atoms with Crippen molar-refractivity contribution in [1.29, 1.82) is 0 Å². The van der Waals surface area contributed by atoms with Crippen molar-refractivity contribution in [2.24, 2.45) is 0 Å². The summed E-state index contributed by atoms with van der Waals surface area (Å²) in [6.45, 7) is 7.05. The maximum Gasteiger partial charge on any atom is 0.163 e. The fourth-order valence-corrected chi connectivity index (χ4v) is 3.09. The van der Waals surface area contributed by atoms with Crippen molar-refractivity contribution in [1.82, 2.24) is 15.0 Å². The summed E-state index contributed by atoms with van der Waals surface area (Å²) >= 11 is 1.65. The molecule has 3 heterocycles. The highest BCUT2D eigenvalue weighted by Crippen LogP contribution is 2.28. The van der Waals surface area contributed by atoms with Crippen LogP contribution in [0.25, 0.3) is 21.6 Å². The molecule has 3 aromatic rings. The van der Waals surface area contributed by atoms with Crippen molar-refractivity contribution in [2.75, 3.05) is 11.9 Å². The van der Waals surface area contributed by atoms with E-state index in [-0.39, 0.29) is 0 Å². The van der Waals surface area contributed by atoms with Gasteiger partial charge in [-0.1, -0.05) is 6.92 Å². The van der Waals surface area contributed by atoms with E-state index in [1.807, 2.05) is 26.0 Å². The molecule has 0 aliphatic heterocycles. The van der Waals surface area contributed by atoms with E-state index in [0.717, 1.165) is 51.8 Å². The molecule has 0 atom stereocenters. The summed E-state index contributed by atoms with van der Waals surface area (Å²) in [7, 11) is 0. The molecule has 0 unspecified atom stereocenters. The molecular formula is C16H18N4S. The molecular weight excluding hydrogens is 280 g/mol. The summed E-state index contributed by atoms with van der Waals surface area (Å²) in [5.41, 5.74) is 3.00. The third-order valence-electron chi connectivity index (χ3n) is 3.21. The molecule has 0 spiro atoms. The molecule has 21 heavy (non-hydrogen) atoms. The molecule has 0 saturated carbocycles. The maximum absolute atomic E-state index is 4.72. The van der Waals surface area contributed by atoms with E-state index in [2.05, 4.69) is 28.7 Å². The molecule has 0 aliphatic rings. The smallest absolute Gasteiger partial charge is 0.163 e. The number of pyridine rings is 1. The second-order valence-electron chi connectivity index (χ2n) is 5.10. The van der Waals surface area contributed by atoms with Gasteiger partial charge in [-0.2, -0.15) is 0 Å². The Balaban J connectivity index is 2.13. The zero-order chi connectivity index (χ0) is 14.8. The van der Waals surface area contributed by atoms with Crippen LogP contribution in [0.1, 0.15) is 24.7 Å². The minimum atomic E-state index is 0.761. The number of thiophene rings is 1. The van der Waals surface area contributed by atoms with Gasteiger partial charge in [-0.05, 0) is 43.8 Å². The number of aryl methyl sites for hydroxylation is 2. The predicted molar refractivity (Wildman–Crippen MR) is 88.9 cm³/mol. The third-order valence-corrected chi connectivity index (χ3v) is 4.01. The van der Waals surface area contributed by atoms with Crippen molar-refractivity contribution in [2.45, 2.75) is 27.2 Å². The van der Waals surface area contributed by atoms with Gasteiger partial charge >= 0.3 is 0 Å². The number of anilines is 1. The van der Waals surface area contributed by atoms with Crippen molar-refractivity contribution < 1.29 is 0 Å². The lowest BCUT2D eigenvalue weighted by atomic mass is 10.2. The van der Waals surface area contributed by atoms with Gasteiger partial charge in [0, 0.05) is 23.5 Å². The van der Waals surface area contributed by atoms with E-state index in [4.69, 9.17) is 9.97 Å².